The highest BCUT2D eigenvalue weighted by atomic mass is 127. The molecule has 0 amide bonds. The smallest absolute Gasteiger partial charge is 0.193 e. The Morgan fingerprint density at radius 3 is 2.75 bits per heavy atom. The van der Waals surface area contributed by atoms with Gasteiger partial charge in [-0.25, -0.2) is 9.98 Å². The number of nitrogens with zero attached hydrogens (tertiary/aromatic N) is 3. The second-order valence-corrected chi connectivity index (χ2v) is 6.76. The molecule has 1 aromatic carbocycles. The van der Waals surface area contributed by atoms with Gasteiger partial charge in [0.05, 0.1) is 26.5 Å². The van der Waals surface area contributed by atoms with Crippen LogP contribution in [0.4, 0.5) is 0 Å². The Morgan fingerprint density at radius 1 is 1.21 bits per heavy atom. The summed E-state index contributed by atoms with van der Waals surface area (Å²) in [5.41, 5.74) is 2.13. The van der Waals surface area contributed by atoms with Gasteiger partial charge in [-0.2, -0.15) is 0 Å². The van der Waals surface area contributed by atoms with Crippen molar-refractivity contribution in [1.82, 2.24) is 20.0 Å². The number of fused-ring (bicyclic) bond motifs is 1. The number of aromatic nitrogens is 2. The molecule has 3 aromatic rings. The molecule has 2 aromatic heterocycles. The van der Waals surface area contributed by atoms with Crippen molar-refractivity contribution < 1.29 is 9.47 Å². The largest absolute Gasteiger partial charge is 0.493 e. The third kappa shape index (κ3) is 5.74. The number of imidazole rings is 1. The number of thiazole rings is 1. The van der Waals surface area contributed by atoms with Crippen molar-refractivity contribution in [1.29, 1.82) is 0 Å². The molecule has 0 saturated carbocycles. The zero-order valence-electron chi connectivity index (χ0n) is 16.3. The lowest BCUT2D eigenvalue weighted by Crippen LogP contribution is -2.38. The molecule has 2 heterocycles. The molecule has 2 N–H and O–H groups in total. The lowest BCUT2D eigenvalue weighted by molar-refractivity contribution is 0.354. The molecule has 7 nitrogen and oxygen atoms in total. The molecule has 9 heteroatoms. The fourth-order valence-electron chi connectivity index (χ4n) is 2.72. The minimum atomic E-state index is 0. The first-order valence-corrected chi connectivity index (χ1v) is 9.75. The minimum absolute atomic E-state index is 0. The van der Waals surface area contributed by atoms with E-state index in [9.17, 15) is 0 Å². The normalized spacial score (nSPS) is 11.2. The molecule has 3 rings (SSSR count). The SMILES string of the molecule is CCNC(=NCc1cn2ccsc2n1)NCCc1ccc(OC)c(OC)c1.I. The van der Waals surface area contributed by atoms with Crippen LogP contribution >= 0.6 is 35.3 Å². The summed E-state index contributed by atoms with van der Waals surface area (Å²) >= 11 is 1.62. The predicted octanol–water partition coefficient (Wildman–Crippen LogP) is 3.33. The van der Waals surface area contributed by atoms with Gasteiger partial charge in [0.15, 0.2) is 22.4 Å². The Bertz CT molecular complexity index is 880. The number of rotatable bonds is 8. The maximum atomic E-state index is 5.36. The van der Waals surface area contributed by atoms with Crippen molar-refractivity contribution in [3.8, 4) is 11.5 Å². The van der Waals surface area contributed by atoms with E-state index < -0.39 is 0 Å². The van der Waals surface area contributed by atoms with Crippen molar-refractivity contribution in [3.63, 3.8) is 0 Å². The minimum Gasteiger partial charge on any atom is -0.493 e. The first kappa shape index (κ1) is 22.3. The number of guanidine groups is 1. The molecule has 0 aliphatic rings. The van der Waals surface area contributed by atoms with Gasteiger partial charge in [-0.15, -0.1) is 35.3 Å². The summed E-state index contributed by atoms with van der Waals surface area (Å²) in [6.07, 6.45) is 4.88. The van der Waals surface area contributed by atoms with Crippen LogP contribution in [0.3, 0.4) is 0 Å². The third-order valence-electron chi connectivity index (χ3n) is 4.04. The fourth-order valence-corrected chi connectivity index (χ4v) is 3.43. The number of ether oxygens (including phenoxy) is 2. The van der Waals surface area contributed by atoms with Crippen LogP contribution in [-0.4, -0.2) is 42.7 Å². The summed E-state index contributed by atoms with van der Waals surface area (Å²) in [7, 11) is 3.29. The molecular formula is C19H26IN5O2S. The highest BCUT2D eigenvalue weighted by molar-refractivity contribution is 14.0. The lowest BCUT2D eigenvalue weighted by atomic mass is 10.1. The summed E-state index contributed by atoms with van der Waals surface area (Å²) in [4.78, 5) is 10.2. The number of hydrogen-bond donors (Lipinski definition) is 2. The summed E-state index contributed by atoms with van der Waals surface area (Å²) in [6.45, 7) is 4.16. The van der Waals surface area contributed by atoms with E-state index in [1.807, 2.05) is 40.4 Å². The molecule has 152 valence electrons. The molecule has 0 unspecified atom stereocenters. The second-order valence-electron chi connectivity index (χ2n) is 5.89. The van der Waals surface area contributed by atoms with E-state index in [1.165, 1.54) is 5.56 Å². The average molecular weight is 515 g/mol. The maximum absolute atomic E-state index is 5.36. The zero-order valence-corrected chi connectivity index (χ0v) is 19.4. The topological polar surface area (TPSA) is 72.2 Å². The first-order valence-electron chi connectivity index (χ1n) is 8.87. The molecule has 0 radical (unpaired) electrons. The molecule has 0 aliphatic carbocycles. The van der Waals surface area contributed by atoms with Crippen molar-refractivity contribution in [3.05, 3.63) is 47.2 Å². The standard InChI is InChI=1S/C19H25N5O2S.HI/c1-4-20-18(22-12-15-13-24-9-10-27-19(24)23-15)21-8-7-14-5-6-16(25-2)17(11-14)26-3;/h5-6,9-11,13H,4,7-8,12H2,1-3H3,(H2,20,21,22);1H. The maximum Gasteiger partial charge on any atom is 0.193 e. The quantitative estimate of drug-likeness (QED) is 0.274. The Hall–Kier alpha value is -2.01. The summed E-state index contributed by atoms with van der Waals surface area (Å²) in [6, 6.07) is 5.98. The van der Waals surface area contributed by atoms with Crippen LogP contribution in [0.2, 0.25) is 0 Å². The lowest BCUT2D eigenvalue weighted by Gasteiger charge is -2.12. The molecule has 0 saturated heterocycles. The summed E-state index contributed by atoms with van der Waals surface area (Å²) in [5.74, 6) is 2.27. The van der Waals surface area contributed by atoms with E-state index in [0.717, 1.165) is 47.6 Å². The highest BCUT2D eigenvalue weighted by Gasteiger charge is 2.06. The summed E-state index contributed by atoms with van der Waals surface area (Å²) in [5, 5.41) is 8.66. The number of methoxy groups -OCH3 is 2. The van der Waals surface area contributed by atoms with E-state index >= 15 is 0 Å². The zero-order chi connectivity index (χ0) is 19.1. The van der Waals surface area contributed by atoms with Crippen molar-refractivity contribution in [2.45, 2.75) is 19.9 Å². The van der Waals surface area contributed by atoms with Gasteiger partial charge in [0.25, 0.3) is 0 Å². The van der Waals surface area contributed by atoms with Gasteiger partial charge in [-0.3, -0.25) is 4.40 Å². The highest BCUT2D eigenvalue weighted by Crippen LogP contribution is 2.27. The van der Waals surface area contributed by atoms with Gasteiger partial charge in [0.2, 0.25) is 0 Å². The molecular weight excluding hydrogens is 489 g/mol. The van der Waals surface area contributed by atoms with E-state index in [-0.39, 0.29) is 24.0 Å². The molecule has 0 bridgehead atoms. The van der Waals surface area contributed by atoms with Crippen LogP contribution < -0.4 is 20.1 Å². The Balaban J connectivity index is 0.00000280. The number of halogens is 1. The van der Waals surface area contributed by atoms with Crippen LogP contribution in [0.25, 0.3) is 4.96 Å². The average Bonchev–Trinajstić information content (AvgIpc) is 3.27. The van der Waals surface area contributed by atoms with Gasteiger partial charge in [0, 0.05) is 30.9 Å². The van der Waals surface area contributed by atoms with Crippen LogP contribution in [0.15, 0.2) is 41.0 Å². The predicted molar refractivity (Wildman–Crippen MR) is 125 cm³/mol. The van der Waals surface area contributed by atoms with Crippen LogP contribution in [0.5, 0.6) is 11.5 Å². The Kier molecular flexibility index (Phi) is 8.84. The van der Waals surface area contributed by atoms with E-state index in [0.29, 0.717) is 6.54 Å². The van der Waals surface area contributed by atoms with E-state index in [2.05, 4.69) is 27.5 Å². The Labute approximate surface area is 186 Å². The second kappa shape index (κ2) is 11.1. The molecule has 0 atom stereocenters. The van der Waals surface area contributed by atoms with Gasteiger partial charge < -0.3 is 20.1 Å². The molecule has 0 spiro atoms. The Morgan fingerprint density at radius 2 is 2.04 bits per heavy atom. The number of nitrogens with one attached hydrogen (secondary N) is 2. The fraction of sp³-hybridized carbons (Fsp3) is 0.368. The molecule has 28 heavy (non-hydrogen) atoms. The summed E-state index contributed by atoms with van der Waals surface area (Å²) < 4.78 is 12.7. The van der Waals surface area contributed by atoms with Crippen LogP contribution in [0.1, 0.15) is 18.2 Å². The number of aliphatic imine (C=N–C) groups is 1. The van der Waals surface area contributed by atoms with Crippen molar-refractivity contribution in [2.75, 3.05) is 27.3 Å². The van der Waals surface area contributed by atoms with Crippen LogP contribution in [-0.2, 0) is 13.0 Å². The monoisotopic (exact) mass is 515 g/mol. The number of hydrogen-bond acceptors (Lipinski definition) is 5. The third-order valence-corrected chi connectivity index (χ3v) is 4.81. The van der Waals surface area contributed by atoms with Gasteiger partial charge >= 0.3 is 0 Å². The van der Waals surface area contributed by atoms with Crippen molar-refractivity contribution >= 4 is 46.2 Å². The van der Waals surface area contributed by atoms with Crippen molar-refractivity contribution in [2.24, 2.45) is 4.99 Å². The first-order chi connectivity index (χ1) is 13.2. The van der Waals surface area contributed by atoms with Gasteiger partial charge in [-0.05, 0) is 31.0 Å². The molecule has 0 fully saturated rings. The van der Waals surface area contributed by atoms with Crippen LogP contribution in [0, 0.1) is 0 Å². The van der Waals surface area contributed by atoms with Gasteiger partial charge in [-0.1, -0.05) is 6.07 Å². The van der Waals surface area contributed by atoms with Gasteiger partial charge in [0.1, 0.15) is 0 Å². The number of benzene rings is 1. The van der Waals surface area contributed by atoms with E-state index in [4.69, 9.17) is 9.47 Å². The molecule has 0 aliphatic heterocycles. The van der Waals surface area contributed by atoms with E-state index in [1.54, 1.807) is 25.6 Å².